The van der Waals surface area contributed by atoms with Crippen LogP contribution in [0.1, 0.15) is 34.3 Å². The van der Waals surface area contributed by atoms with Crippen molar-refractivity contribution < 1.29 is 4.79 Å². The molecule has 0 spiro atoms. The van der Waals surface area contributed by atoms with E-state index in [9.17, 15) is 4.79 Å². The van der Waals surface area contributed by atoms with Crippen molar-refractivity contribution in [2.45, 2.75) is 26.3 Å². The summed E-state index contributed by atoms with van der Waals surface area (Å²) in [5.74, 6) is -0.160. The zero-order valence-corrected chi connectivity index (χ0v) is 11.5. The Morgan fingerprint density at radius 1 is 1.47 bits per heavy atom. The van der Waals surface area contributed by atoms with E-state index in [4.69, 9.17) is 5.73 Å². The van der Waals surface area contributed by atoms with E-state index < -0.39 is 0 Å². The molecule has 1 aromatic carbocycles. The Kier molecular flexibility index (Phi) is 4.59. The van der Waals surface area contributed by atoms with Gasteiger partial charge in [-0.25, -0.2) is 0 Å². The number of carbonyl (C=O) groups excluding carboxylic acids is 1. The Labute approximate surface area is 116 Å². The van der Waals surface area contributed by atoms with Crippen LogP contribution in [-0.4, -0.2) is 15.5 Å². The lowest BCUT2D eigenvalue weighted by molar-refractivity contribution is 0.102. The number of nitrogens with two attached hydrogens (primary N) is 1. The van der Waals surface area contributed by atoms with E-state index in [-0.39, 0.29) is 5.91 Å². The molecule has 0 bridgehead atoms. The summed E-state index contributed by atoms with van der Waals surface area (Å²) >= 11 is 1.13. The van der Waals surface area contributed by atoms with Crippen molar-refractivity contribution in [3.63, 3.8) is 0 Å². The maximum Gasteiger partial charge on any atom is 0.269 e. The van der Waals surface area contributed by atoms with Crippen LogP contribution in [0.25, 0.3) is 0 Å². The summed E-state index contributed by atoms with van der Waals surface area (Å²) in [4.78, 5) is 12.7. The zero-order chi connectivity index (χ0) is 13.7. The van der Waals surface area contributed by atoms with E-state index in [1.54, 1.807) is 0 Å². The molecule has 6 heteroatoms. The van der Waals surface area contributed by atoms with Gasteiger partial charge in [-0.1, -0.05) is 30.0 Å². The zero-order valence-electron chi connectivity index (χ0n) is 10.7. The predicted octanol–water partition coefficient (Wildman–Crippen LogP) is 2.20. The third kappa shape index (κ3) is 3.36. The van der Waals surface area contributed by atoms with Gasteiger partial charge in [0, 0.05) is 12.2 Å². The van der Waals surface area contributed by atoms with Gasteiger partial charge in [0.05, 0.1) is 5.69 Å². The maximum absolute atomic E-state index is 12.2. The molecule has 3 N–H and O–H groups in total. The molecule has 0 aliphatic heterocycles. The van der Waals surface area contributed by atoms with Gasteiger partial charge in [-0.2, -0.15) is 0 Å². The van der Waals surface area contributed by atoms with Crippen LogP contribution in [0.2, 0.25) is 0 Å². The normalized spacial score (nSPS) is 10.4. The fourth-order valence-electron chi connectivity index (χ4n) is 1.75. The number of nitrogens with zero attached hydrogens (tertiary/aromatic N) is 2. The Balaban J connectivity index is 2.13. The summed E-state index contributed by atoms with van der Waals surface area (Å²) in [6, 6.07) is 7.50. The molecule has 0 unspecified atom stereocenters. The van der Waals surface area contributed by atoms with E-state index in [0.717, 1.165) is 41.3 Å². The molecule has 1 aromatic heterocycles. The Hall–Kier alpha value is -1.79. The van der Waals surface area contributed by atoms with Crippen LogP contribution in [0.5, 0.6) is 0 Å². The Bertz CT molecular complexity index is 567. The number of hydrogen-bond donors (Lipinski definition) is 2. The van der Waals surface area contributed by atoms with Gasteiger partial charge in [-0.3, -0.25) is 4.79 Å². The monoisotopic (exact) mass is 276 g/mol. The first-order valence-electron chi connectivity index (χ1n) is 6.16. The van der Waals surface area contributed by atoms with Crippen LogP contribution in [0, 0.1) is 0 Å². The van der Waals surface area contributed by atoms with E-state index in [0.29, 0.717) is 11.4 Å². The van der Waals surface area contributed by atoms with Crippen LogP contribution in [0.15, 0.2) is 24.3 Å². The number of aromatic nitrogens is 2. The number of hydrogen-bond acceptors (Lipinski definition) is 5. The van der Waals surface area contributed by atoms with E-state index in [2.05, 4.69) is 14.9 Å². The minimum absolute atomic E-state index is 0.160. The van der Waals surface area contributed by atoms with Crippen LogP contribution in [0.4, 0.5) is 5.69 Å². The second-order valence-electron chi connectivity index (χ2n) is 4.16. The molecule has 1 amide bonds. The molecular weight excluding hydrogens is 260 g/mol. The molecule has 0 fully saturated rings. The first-order valence-corrected chi connectivity index (χ1v) is 6.93. The van der Waals surface area contributed by atoms with Gasteiger partial charge < -0.3 is 11.1 Å². The first-order chi connectivity index (χ1) is 9.24. The van der Waals surface area contributed by atoms with Crippen LogP contribution >= 0.6 is 11.5 Å². The van der Waals surface area contributed by atoms with Crippen LogP contribution < -0.4 is 11.1 Å². The van der Waals surface area contributed by atoms with E-state index in [1.807, 2.05) is 31.2 Å². The van der Waals surface area contributed by atoms with Crippen molar-refractivity contribution in [2.24, 2.45) is 5.73 Å². The topological polar surface area (TPSA) is 80.9 Å². The van der Waals surface area contributed by atoms with Crippen LogP contribution in [0.3, 0.4) is 0 Å². The molecule has 0 saturated heterocycles. The average molecular weight is 276 g/mol. The second-order valence-corrected chi connectivity index (χ2v) is 4.91. The second kappa shape index (κ2) is 6.40. The number of aryl methyl sites for hydroxylation is 1. The highest BCUT2D eigenvalue weighted by Gasteiger charge is 2.15. The number of amides is 1. The van der Waals surface area contributed by atoms with Crippen LogP contribution in [-0.2, 0) is 13.0 Å². The molecule has 2 aromatic rings. The molecule has 0 atom stereocenters. The van der Waals surface area contributed by atoms with Gasteiger partial charge in [-0.15, -0.1) is 5.10 Å². The number of rotatable bonds is 5. The Morgan fingerprint density at radius 3 is 3.05 bits per heavy atom. The molecule has 5 nitrogen and oxygen atoms in total. The van der Waals surface area contributed by atoms with Crippen molar-refractivity contribution in [2.75, 3.05) is 5.32 Å². The quantitative estimate of drug-likeness (QED) is 0.877. The molecule has 2 rings (SSSR count). The largest absolute Gasteiger partial charge is 0.326 e. The van der Waals surface area contributed by atoms with Gasteiger partial charge in [0.2, 0.25) is 0 Å². The molecule has 0 aliphatic carbocycles. The molecular formula is C13H16N4OS. The van der Waals surface area contributed by atoms with E-state index >= 15 is 0 Å². The number of carbonyl (C=O) groups is 1. The lowest BCUT2D eigenvalue weighted by atomic mass is 10.2. The van der Waals surface area contributed by atoms with Crippen molar-refractivity contribution >= 4 is 23.1 Å². The molecule has 0 radical (unpaired) electrons. The number of benzene rings is 1. The third-order valence-electron chi connectivity index (χ3n) is 2.67. The van der Waals surface area contributed by atoms with Crippen molar-refractivity contribution in [1.29, 1.82) is 0 Å². The van der Waals surface area contributed by atoms with Gasteiger partial charge in [-0.05, 0) is 35.6 Å². The minimum Gasteiger partial charge on any atom is -0.326 e. The SMILES string of the molecule is CCCc1nnsc1C(=O)Nc1cccc(CN)c1. The average Bonchev–Trinajstić information content (AvgIpc) is 2.88. The maximum atomic E-state index is 12.2. The van der Waals surface area contributed by atoms with E-state index in [1.165, 1.54) is 0 Å². The number of nitrogens with one attached hydrogen (secondary N) is 1. The van der Waals surface area contributed by atoms with Crippen molar-refractivity contribution in [3.05, 3.63) is 40.4 Å². The number of anilines is 1. The molecule has 0 saturated carbocycles. The van der Waals surface area contributed by atoms with Crippen molar-refractivity contribution in [3.8, 4) is 0 Å². The highest BCUT2D eigenvalue weighted by Crippen LogP contribution is 2.16. The first kappa shape index (κ1) is 13.6. The standard InChI is InChI=1S/C13H16N4OS/c1-2-4-11-12(19-17-16-11)13(18)15-10-6-3-5-9(7-10)8-14/h3,5-7H,2,4,8,14H2,1H3,(H,15,18). The molecule has 19 heavy (non-hydrogen) atoms. The smallest absolute Gasteiger partial charge is 0.269 e. The minimum atomic E-state index is -0.160. The van der Waals surface area contributed by atoms with Gasteiger partial charge >= 0.3 is 0 Å². The summed E-state index contributed by atoms with van der Waals surface area (Å²) in [5.41, 5.74) is 8.06. The summed E-state index contributed by atoms with van der Waals surface area (Å²) in [7, 11) is 0. The van der Waals surface area contributed by atoms with Gasteiger partial charge in [0.1, 0.15) is 4.88 Å². The summed E-state index contributed by atoms with van der Waals surface area (Å²) in [6.45, 7) is 2.50. The fraction of sp³-hybridized carbons (Fsp3) is 0.308. The van der Waals surface area contributed by atoms with Gasteiger partial charge in [0.15, 0.2) is 0 Å². The highest BCUT2D eigenvalue weighted by molar-refractivity contribution is 7.08. The third-order valence-corrected chi connectivity index (χ3v) is 3.44. The summed E-state index contributed by atoms with van der Waals surface area (Å²) < 4.78 is 3.85. The lowest BCUT2D eigenvalue weighted by Gasteiger charge is -2.05. The van der Waals surface area contributed by atoms with Gasteiger partial charge in [0.25, 0.3) is 5.91 Å². The predicted molar refractivity (Wildman–Crippen MR) is 76.2 cm³/mol. The lowest BCUT2D eigenvalue weighted by Crippen LogP contribution is -2.13. The molecule has 1 heterocycles. The molecule has 100 valence electrons. The van der Waals surface area contributed by atoms with Crippen molar-refractivity contribution in [1.82, 2.24) is 9.59 Å². The highest BCUT2D eigenvalue weighted by atomic mass is 32.1. The molecule has 0 aliphatic rings. The Morgan fingerprint density at radius 2 is 2.32 bits per heavy atom. The summed E-state index contributed by atoms with van der Waals surface area (Å²) in [5, 5.41) is 6.84. The fourth-order valence-corrected chi connectivity index (χ4v) is 2.35. The summed E-state index contributed by atoms with van der Waals surface area (Å²) in [6.07, 6.45) is 1.70.